The molecule has 0 bridgehead atoms. The van der Waals surface area contributed by atoms with Crippen molar-refractivity contribution < 1.29 is 9.47 Å². The molecule has 3 heteroatoms. The average molecular weight is 278 g/mol. The zero-order valence-corrected chi connectivity index (χ0v) is 13.6. The molecule has 0 fully saturated rings. The van der Waals surface area contributed by atoms with Gasteiger partial charge >= 0.3 is 0 Å². The first kappa shape index (κ1) is 16.2. The van der Waals surface area contributed by atoms with Crippen molar-refractivity contribution in [2.24, 2.45) is 0 Å². The zero-order chi connectivity index (χ0) is 14.1. The molecule has 0 N–H and O–H groups in total. The maximum absolute atomic E-state index is 5.88. The summed E-state index contributed by atoms with van der Waals surface area (Å²) in [5, 5.41) is 0. The van der Waals surface area contributed by atoms with E-state index in [0.29, 0.717) is 13.4 Å². The van der Waals surface area contributed by atoms with Crippen LogP contribution in [0.2, 0.25) is 19.6 Å². The van der Waals surface area contributed by atoms with Crippen molar-refractivity contribution in [3.63, 3.8) is 0 Å². The fourth-order valence-electron chi connectivity index (χ4n) is 1.71. The molecule has 0 saturated carbocycles. The van der Waals surface area contributed by atoms with Crippen molar-refractivity contribution in [1.82, 2.24) is 0 Å². The molecule has 1 aromatic carbocycles. The Hall–Kier alpha value is -0.903. The third kappa shape index (κ3) is 6.71. The van der Waals surface area contributed by atoms with Gasteiger partial charge in [0, 0.05) is 0 Å². The highest BCUT2D eigenvalue weighted by Gasteiger charge is 2.25. The van der Waals surface area contributed by atoms with E-state index in [1.54, 1.807) is 0 Å². The summed E-state index contributed by atoms with van der Waals surface area (Å²) in [5.74, 6) is 0. The number of allylic oxidation sites excluding steroid dienone is 1. The van der Waals surface area contributed by atoms with Crippen molar-refractivity contribution in [2.75, 3.05) is 6.79 Å². The Morgan fingerprint density at radius 3 is 2.42 bits per heavy atom. The van der Waals surface area contributed by atoms with Crippen LogP contribution >= 0.6 is 0 Å². The SMILES string of the molecule is CC/C=C/[C@H](OCOCc1ccccc1)[Si](C)(C)C. The van der Waals surface area contributed by atoms with Crippen LogP contribution in [0.4, 0.5) is 0 Å². The summed E-state index contributed by atoms with van der Waals surface area (Å²) in [6, 6.07) is 10.2. The molecule has 19 heavy (non-hydrogen) atoms. The van der Waals surface area contributed by atoms with Crippen LogP contribution in [-0.4, -0.2) is 20.6 Å². The number of rotatable bonds is 8. The van der Waals surface area contributed by atoms with E-state index in [2.05, 4.69) is 50.8 Å². The predicted octanol–water partition coefficient (Wildman–Crippen LogP) is 4.39. The minimum absolute atomic E-state index is 0.225. The van der Waals surface area contributed by atoms with E-state index in [1.807, 2.05) is 18.2 Å². The van der Waals surface area contributed by atoms with Gasteiger partial charge in [0.15, 0.2) is 0 Å². The van der Waals surface area contributed by atoms with E-state index in [1.165, 1.54) is 5.56 Å². The van der Waals surface area contributed by atoms with Gasteiger partial charge in [-0.2, -0.15) is 0 Å². The highest BCUT2D eigenvalue weighted by atomic mass is 28.3. The molecule has 0 aliphatic heterocycles. The number of hydrogen-bond donors (Lipinski definition) is 0. The second-order valence-corrected chi connectivity index (χ2v) is 11.0. The number of benzene rings is 1. The first-order chi connectivity index (χ1) is 9.04. The molecule has 0 aromatic heterocycles. The molecule has 0 unspecified atom stereocenters. The van der Waals surface area contributed by atoms with Crippen molar-refractivity contribution in [1.29, 1.82) is 0 Å². The summed E-state index contributed by atoms with van der Waals surface area (Å²) in [5.41, 5.74) is 1.41. The van der Waals surface area contributed by atoms with Crippen LogP contribution in [0, 0.1) is 0 Å². The summed E-state index contributed by atoms with van der Waals surface area (Å²) < 4.78 is 11.5. The molecule has 1 aromatic rings. The first-order valence-electron chi connectivity index (χ1n) is 6.94. The van der Waals surface area contributed by atoms with E-state index >= 15 is 0 Å². The third-order valence-corrected chi connectivity index (χ3v) is 4.91. The maximum atomic E-state index is 5.88. The Balaban J connectivity index is 2.34. The molecule has 0 saturated heterocycles. The maximum Gasteiger partial charge on any atom is 0.147 e. The molecular weight excluding hydrogens is 252 g/mol. The Kier molecular flexibility index (Phi) is 7.06. The van der Waals surface area contributed by atoms with Gasteiger partial charge in [-0.3, -0.25) is 0 Å². The highest BCUT2D eigenvalue weighted by molar-refractivity contribution is 6.77. The van der Waals surface area contributed by atoms with Crippen LogP contribution in [0.5, 0.6) is 0 Å². The standard InChI is InChI=1S/C16H26O2Si/c1-5-6-12-16(19(2,3)4)18-14-17-13-15-10-8-7-9-11-15/h6-12,16H,5,13-14H2,1-4H3/b12-6+/t16-/m1/s1. The van der Waals surface area contributed by atoms with Gasteiger partial charge in [0.25, 0.3) is 0 Å². The lowest BCUT2D eigenvalue weighted by molar-refractivity contribution is -0.0652. The molecular formula is C16H26O2Si. The van der Waals surface area contributed by atoms with Crippen LogP contribution in [-0.2, 0) is 16.1 Å². The van der Waals surface area contributed by atoms with E-state index in [0.717, 1.165) is 6.42 Å². The Bertz CT molecular complexity index is 368. The molecule has 1 rings (SSSR count). The summed E-state index contributed by atoms with van der Waals surface area (Å²) in [6.45, 7) is 10.1. The minimum atomic E-state index is -1.34. The van der Waals surface area contributed by atoms with Gasteiger partial charge in [0.1, 0.15) is 6.79 Å². The van der Waals surface area contributed by atoms with Gasteiger partial charge < -0.3 is 9.47 Å². The summed E-state index contributed by atoms with van der Waals surface area (Å²) in [7, 11) is -1.34. The molecule has 0 amide bonds. The van der Waals surface area contributed by atoms with Crippen LogP contribution in [0.1, 0.15) is 18.9 Å². The number of hydrogen-bond acceptors (Lipinski definition) is 2. The highest BCUT2D eigenvalue weighted by Crippen LogP contribution is 2.14. The largest absolute Gasteiger partial charge is 0.352 e. The van der Waals surface area contributed by atoms with E-state index in [-0.39, 0.29) is 5.73 Å². The van der Waals surface area contributed by atoms with Gasteiger partial charge in [-0.15, -0.1) is 0 Å². The lowest BCUT2D eigenvalue weighted by Gasteiger charge is -2.26. The Morgan fingerprint density at radius 1 is 1.16 bits per heavy atom. The normalized spacial score (nSPS) is 13.9. The fraction of sp³-hybridized carbons (Fsp3) is 0.500. The zero-order valence-electron chi connectivity index (χ0n) is 12.6. The van der Waals surface area contributed by atoms with Crippen molar-refractivity contribution in [2.45, 2.75) is 45.3 Å². The Morgan fingerprint density at radius 2 is 1.84 bits per heavy atom. The summed E-state index contributed by atoms with van der Waals surface area (Å²) in [4.78, 5) is 0. The monoisotopic (exact) mass is 278 g/mol. The van der Waals surface area contributed by atoms with Gasteiger partial charge in [-0.1, -0.05) is 69.0 Å². The van der Waals surface area contributed by atoms with Crippen molar-refractivity contribution in [3.8, 4) is 0 Å². The minimum Gasteiger partial charge on any atom is -0.352 e. The van der Waals surface area contributed by atoms with Gasteiger partial charge in [0.05, 0.1) is 20.4 Å². The summed E-state index contributed by atoms with van der Waals surface area (Å²) >= 11 is 0. The Labute approximate surface area is 118 Å². The van der Waals surface area contributed by atoms with Crippen molar-refractivity contribution >= 4 is 8.07 Å². The van der Waals surface area contributed by atoms with Crippen LogP contribution < -0.4 is 0 Å². The molecule has 106 valence electrons. The fourth-order valence-corrected chi connectivity index (χ4v) is 2.99. The smallest absolute Gasteiger partial charge is 0.147 e. The van der Waals surface area contributed by atoms with Gasteiger partial charge in [-0.05, 0) is 12.0 Å². The molecule has 1 atom stereocenters. The molecule has 0 heterocycles. The molecule has 2 nitrogen and oxygen atoms in total. The lowest BCUT2D eigenvalue weighted by atomic mass is 10.2. The van der Waals surface area contributed by atoms with Crippen LogP contribution in [0.25, 0.3) is 0 Å². The molecule has 0 spiro atoms. The lowest BCUT2D eigenvalue weighted by Crippen LogP contribution is -2.39. The van der Waals surface area contributed by atoms with E-state index in [9.17, 15) is 0 Å². The quantitative estimate of drug-likeness (QED) is 0.304. The van der Waals surface area contributed by atoms with Crippen LogP contribution in [0.15, 0.2) is 42.5 Å². The molecule has 0 aliphatic rings. The van der Waals surface area contributed by atoms with Crippen molar-refractivity contribution in [3.05, 3.63) is 48.0 Å². The molecule has 0 aliphatic carbocycles. The summed E-state index contributed by atoms with van der Waals surface area (Å²) in [6.07, 6.45) is 5.42. The first-order valence-corrected chi connectivity index (χ1v) is 10.5. The van der Waals surface area contributed by atoms with E-state index in [4.69, 9.17) is 9.47 Å². The van der Waals surface area contributed by atoms with E-state index < -0.39 is 8.07 Å². The predicted molar refractivity (Wildman–Crippen MR) is 83.7 cm³/mol. The molecule has 0 radical (unpaired) electrons. The topological polar surface area (TPSA) is 18.5 Å². The number of ether oxygens (including phenoxy) is 2. The third-order valence-electron chi connectivity index (χ3n) is 2.84. The second-order valence-electron chi connectivity index (χ2n) is 5.74. The van der Waals surface area contributed by atoms with Gasteiger partial charge in [-0.25, -0.2) is 0 Å². The average Bonchev–Trinajstić information content (AvgIpc) is 2.37. The second kappa shape index (κ2) is 8.30. The van der Waals surface area contributed by atoms with Crippen LogP contribution in [0.3, 0.4) is 0 Å². The van der Waals surface area contributed by atoms with Gasteiger partial charge in [0.2, 0.25) is 0 Å².